The van der Waals surface area contributed by atoms with Gasteiger partial charge in [0.25, 0.3) is 5.91 Å². The second-order valence-electron chi connectivity index (χ2n) is 10.3. The van der Waals surface area contributed by atoms with E-state index >= 15 is 0 Å². The van der Waals surface area contributed by atoms with E-state index in [9.17, 15) is 18.0 Å². The SMILES string of the molecule is CN1CC[C@H](Oc2ccc(C(F)(F)F)cc2C(=O)N=c2sc(C(C)(C)C)cn2C[C@H]2CCCO2)C1. The molecule has 4 rings (SSSR count). The fourth-order valence-electron chi connectivity index (χ4n) is 4.25. The average Bonchev–Trinajstić information content (AvgIpc) is 3.50. The molecular weight excluding hydrogens is 479 g/mol. The molecule has 1 aromatic carbocycles. The quantitative estimate of drug-likeness (QED) is 0.575. The normalized spacial score (nSPS) is 22.2. The Morgan fingerprint density at radius 1 is 1.26 bits per heavy atom. The van der Waals surface area contributed by atoms with Crippen LogP contribution < -0.4 is 9.54 Å². The molecule has 35 heavy (non-hydrogen) atoms. The van der Waals surface area contributed by atoms with Gasteiger partial charge in [0.1, 0.15) is 11.9 Å². The van der Waals surface area contributed by atoms with E-state index in [4.69, 9.17) is 9.47 Å². The smallest absolute Gasteiger partial charge is 0.416 e. The summed E-state index contributed by atoms with van der Waals surface area (Å²) in [6.07, 6.45) is -0.139. The summed E-state index contributed by atoms with van der Waals surface area (Å²) in [5.74, 6) is -0.619. The molecule has 2 aliphatic rings. The fourth-order valence-corrected chi connectivity index (χ4v) is 5.30. The van der Waals surface area contributed by atoms with Gasteiger partial charge in [-0.3, -0.25) is 4.79 Å². The van der Waals surface area contributed by atoms with Crippen LogP contribution in [0.1, 0.15) is 60.8 Å². The zero-order valence-corrected chi connectivity index (χ0v) is 21.3. The summed E-state index contributed by atoms with van der Waals surface area (Å²) < 4.78 is 54.0. The van der Waals surface area contributed by atoms with Gasteiger partial charge in [-0.15, -0.1) is 11.3 Å². The molecule has 0 saturated carbocycles. The van der Waals surface area contributed by atoms with Gasteiger partial charge in [-0.1, -0.05) is 20.8 Å². The minimum Gasteiger partial charge on any atom is -0.488 e. The Kier molecular flexibility index (Phi) is 7.45. The largest absolute Gasteiger partial charge is 0.488 e. The second kappa shape index (κ2) is 10.1. The first-order chi connectivity index (χ1) is 16.4. The second-order valence-corrected chi connectivity index (χ2v) is 11.3. The number of carbonyl (C=O) groups is 1. The number of hydrogen-bond donors (Lipinski definition) is 0. The number of halogens is 3. The Morgan fingerprint density at radius 3 is 2.63 bits per heavy atom. The van der Waals surface area contributed by atoms with Crippen molar-refractivity contribution in [2.45, 2.75) is 70.4 Å². The molecule has 0 aliphatic carbocycles. The number of carbonyl (C=O) groups excluding carboxylic acids is 1. The molecule has 2 saturated heterocycles. The first-order valence-electron chi connectivity index (χ1n) is 11.9. The number of rotatable bonds is 5. The molecule has 0 spiro atoms. The minimum atomic E-state index is -4.58. The highest BCUT2D eigenvalue weighted by atomic mass is 32.1. The van der Waals surface area contributed by atoms with Gasteiger partial charge in [0.2, 0.25) is 0 Å². The van der Waals surface area contributed by atoms with Crippen LogP contribution in [0.5, 0.6) is 5.75 Å². The van der Waals surface area contributed by atoms with Crippen molar-refractivity contribution in [2.75, 3.05) is 26.7 Å². The Bertz CT molecular complexity index is 1130. The van der Waals surface area contributed by atoms with Gasteiger partial charge in [0.05, 0.1) is 23.8 Å². The molecule has 2 atom stereocenters. The van der Waals surface area contributed by atoms with Crippen LogP contribution in [-0.4, -0.2) is 54.3 Å². The summed E-state index contributed by atoms with van der Waals surface area (Å²) in [6.45, 7) is 8.92. The van der Waals surface area contributed by atoms with Crippen LogP contribution in [0.2, 0.25) is 0 Å². The summed E-state index contributed by atoms with van der Waals surface area (Å²) in [4.78, 5) is 21.2. The van der Waals surface area contributed by atoms with Crippen LogP contribution in [0.15, 0.2) is 29.4 Å². The molecule has 0 bridgehead atoms. The highest BCUT2D eigenvalue weighted by Crippen LogP contribution is 2.34. The number of thiazole rings is 1. The van der Waals surface area contributed by atoms with E-state index in [1.165, 1.54) is 17.4 Å². The van der Waals surface area contributed by atoms with E-state index in [0.717, 1.165) is 42.8 Å². The van der Waals surface area contributed by atoms with Gasteiger partial charge in [0, 0.05) is 30.8 Å². The van der Waals surface area contributed by atoms with Crippen LogP contribution in [0, 0.1) is 0 Å². The lowest BCUT2D eigenvalue weighted by Crippen LogP contribution is -2.24. The third kappa shape index (κ3) is 6.34. The van der Waals surface area contributed by atoms with Gasteiger partial charge >= 0.3 is 6.18 Å². The van der Waals surface area contributed by atoms with E-state index < -0.39 is 17.6 Å². The van der Waals surface area contributed by atoms with E-state index in [1.807, 2.05) is 17.8 Å². The summed E-state index contributed by atoms with van der Waals surface area (Å²) in [7, 11) is 1.95. The van der Waals surface area contributed by atoms with E-state index in [2.05, 4.69) is 30.7 Å². The molecule has 2 aliphatic heterocycles. The number of likely N-dealkylation sites (N-methyl/N-ethyl adjacent to an activating group) is 1. The topological polar surface area (TPSA) is 56.1 Å². The van der Waals surface area contributed by atoms with Gasteiger partial charge in [0.15, 0.2) is 4.80 Å². The Balaban J connectivity index is 1.73. The highest BCUT2D eigenvalue weighted by molar-refractivity contribution is 7.09. The summed E-state index contributed by atoms with van der Waals surface area (Å²) in [5, 5.41) is 0. The van der Waals surface area contributed by atoms with Crippen molar-refractivity contribution in [1.29, 1.82) is 0 Å². The number of likely N-dealkylation sites (tertiary alicyclic amines) is 1. The van der Waals surface area contributed by atoms with E-state index in [1.54, 1.807) is 0 Å². The predicted molar refractivity (Wildman–Crippen MR) is 128 cm³/mol. The third-order valence-corrected chi connectivity index (χ3v) is 7.71. The van der Waals surface area contributed by atoms with Crippen molar-refractivity contribution >= 4 is 17.2 Å². The maximum absolute atomic E-state index is 13.5. The molecule has 3 heterocycles. The number of ether oxygens (including phenoxy) is 2. The monoisotopic (exact) mass is 511 g/mol. The highest BCUT2D eigenvalue weighted by Gasteiger charge is 2.33. The molecule has 6 nitrogen and oxygen atoms in total. The van der Waals surface area contributed by atoms with E-state index in [-0.39, 0.29) is 28.9 Å². The molecule has 0 unspecified atom stereocenters. The predicted octanol–water partition coefficient (Wildman–Crippen LogP) is 4.87. The van der Waals surface area contributed by atoms with E-state index in [0.29, 0.717) is 24.5 Å². The van der Waals surface area contributed by atoms with Crippen molar-refractivity contribution in [3.8, 4) is 5.75 Å². The van der Waals surface area contributed by atoms with Crippen LogP contribution in [0.4, 0.5) is 13.2 Å². The van der Waals surface area contributed by atoms with Crippen LogP contribution in [0.25, 0.3) is 0 Å². The third-order valence-electron chi connectivity index (χ3n) is 6.26. The van der Waals surface area contributed by atoms with Crippen molar-refractivity contribution < 1.29 is 27.4 Å². The van der Waals surface area contributed by atoms with Gasteiger partial charge in [-0.2, -0.15) is 18.2 Å². The molecule has 1 aromatic heterocycles. The molecule has 2 aromatic rings. The Labute approximate surface area is 207 Å². The Hall–Kier alpha value is -2.17. The maximum atomic E-state index is 13.5. The maximum Gasteiger partial charge on any atom is 0.416 e. The number of amides is 1. The van der Waals surface area contributed by atoms with Crippen molar-refractivity contribution in [2.24, 2.45) is 4.99 Å². The number of alkyl halides is 3. The summed E-state index contributed by atoms with van der Waals surface area (Å²) in [5.41, 5.74) is -1.25. The van der Waals surface area contributed by atoms with Crippen molar-refractivity contribution in [3.63, 3.8) is 0 Å². The minimum absolute atomic E-state index is 0.0262. The first-order valence-corrected chi connectivity index (χ1v) is 12.7. The van der Waals surface area contributed by atoms with Crippen molar-refractivity contribution in [3.05, 3.63) is 45.2 Å². The summed E-state index contributed by atoms with van der Waals surface area (Å²) in [6, 6.07) is 3.03. The average molecular weight is 512 g/mol. The lowest BCUT2D eigenvalue weighted by Gasteiger charge is -2.17. The zero-order valence-electron chi connectivity index (χ0n) is 20.5. The first kappa shape index (κ1) is 25.9. The molecule has 10 heteroatoms. The summed E-state index contributed by atoms with van der Waals surface area (Å²) >= 11 is 1.37. The number of hydrogen-bond acceptors (Lipinski definition) is 5. The molecular formula is C25H32F3N3O3S. The molecule has 0 N–H and O–H groups in total. The lowest BCUT2D eigenvalue weighted by molar-refractivity contribution is -0.137. The van der Waals surface area contributed by atoms with Crippen LogP contribution in [0.3, 0.4) is 0 Å². The Morgan fingerprint density at radius 2 is 2.03 bits per heavy atom. The lowest BCUT2D eigenvalue weighted by atomic mass is 9.95. The number of benzene rings is 1. The van der Waals surface area contributed by atoms with Gasteiger partial charge in [-0.05, 0) is 49.9 Å². The molecule has 1 amide bonds. The fraction of sp³-hybridized carbons (Fsp3) is 0.600. The zero-order chi connectivity index (χ0) is 25.4. The van der Waals surface area contributed by atoms with Gasteiger partial charge in [-0.25, -0.2) is 0 Å². The molecule has 0 radical (unpaired) electrons. The number of nitrogens with zero attached hydrogens (tertiary/aromatic N) is 3. The standard InChI is InChI=1S/C25H32F3N3O3S/c1-24(2,3)21-15-31(14-17-6-5-11-33-17)23(35-21)29-22(32)19-12-16(25(26,27)28)7-8-20(19)34-18-9-10-30(4)13-18/h7-8,12,15,17-18H,5-6,9-11,13-14H2,1-4H3/t17-,18+/m1/s1. The number of aromatic nitrogens is 1. The van der Waals surface area contributed by atoms with Crippen molar-refractivity contribution in [1.82, 2.24) is 9.47 Å². The molecule has 192 valence electrons. The van der Waals surface area contributed by atoms with Crippen LogP contribution in [-0.2, 0) is 22.9 Å². The van der Waals surface area contributed by atoms with Crippen LogP contribution >= 0.6 is 11.3 Å². The van der Waals surface area contributed by atoms with Gasteiger partial charge < -0.3 is 18.9 Å². The molecule has 2 fully saturated rings.